The lowest BCUT2D eigenvalue weighted by atomic mass is 10.5. The van der Waals surface area contributed by atoms with Gasteiger partial charge in [0.2, 0.25) is 0 Å². The Kier molecular flexibility index (Phi) is 1.24. The Bertz CT molecular complexity index is 93.5. The molecule has 2 nitrogen and oxygen atoms in total. The Balaban J connectivity index is 1.85. The van der Waals surface area contributed by atoms with Crippen molar-refractivity contribution in [3.63, 3.8) is 0 Å². The number of hydrogen-bond donors (Lipinski definition) is 1. The van der Waals surface area contributed by atoms with Gasteiger partial charge in [0.25, 0.3) is 0 Å². The standard InChI is InChI=1S/C7H14N2/c8-5-9(6-1-2-6)7-3-4-7/h6-7H,1-5,8H2. The molecule has 0 heterocycles. The molecule has 0 aromatic heterocycles. The summed E-state index contributed by atoms with van der Waals surface area (Å²) in [6, 6.07) is 1.75. The Morgan fingerprint density at radius 1 is 1.11 bits per heavy atom. The van der Waals surface area contributed by atoms with Crippen molar-refractivity contribution in [1.82, 2.24) is 4.90 Å². The predicted octanol–water partition coefficient (Wildman–Crippen LogP) is 0.529. The summed E-state index contributed by atoms with van der Waals surface area (Å²) in [5, 5.41) is 0. The molecule has 0 bridgehead atoms. The van der Waals surface area contributed by atoms with Crippen molar-refractivity contribution in [2.75, 3.05) is 6.67 Å². The smallest absolute Gasteiger partial charge is 0.0460 e. The van der Waals surface area contributed by atoms with E-state index in [0.717, 1.165) is 18.8 Å². The highest BCUT2D eigenvalue weighted by molar-refractivity contribution is 4.93. The maximum Gasteiger partial charge on any atom is 0.0460 e. The van der Waals surface area contributed by atoms with Crippen LogP contribution in [0.15, 0.2) is 0 Å². The molecule has 0 unspecified atom stereocenters. The third kappa shape index (κ3) is 1.10. The van der Waals surface area contributed by atoms with Crippen LogP contribution in [0.5, 0.6) is 0 Å². The minimum atomic E-state index is 0.787. The summed E-state index contributed by atoms with van der Waals surface area (Å²) in [7, 11) is 0. The molecule has 0 saturated heterocycles. The number of hydrogen-bond acceptors (Lipinski definition) is 2. The Morgan fingerprint density at radius 3 is 1.78 bits per heavy atom. The SMILES string of the molecule is NCN(C1CC1)C1CC1. The van der Waals surface area contributed by atoms with Gasteiger partial charge in [0.1, 0.15) is 0 Å². The van der Waals surface area contributed by atoms with Gasteiger partial charge in [-0.15, -0.1) is 0 Å². The molecule has 2 rings (SSSR count). The third-order valence-electron chi connectivity index (χ3n) is 2.24. The normalized spacial score (nSPS) is 27.3. The average molecular weight is 126 g/mol. The number of nitrogens with two attached hydrogens (primary N) is 1. The van der Waals surface area contributed by atoms with Gasteiger partial charge in [0, 0.05) is 18.8 Å². The van der Waals surface area contributed by atoms with Crippen molar-refractivity contribution in [3.8, 4) is 0 Å². The lowest BCUT2D eigenvalue weighted by Crippen LogP contribution is -2.33. The van der Waals surface area contributed by atoms with Gasteiger partial charge in [-0.05, 0) is 25.7 Å². The fraction of sp³-hybridized carbons (Fsp3) is 1.00. The first-order valence-electron chi connectivity index (χ1n) is 3.87. The van der Waals surface area contributed by atoms with Crippen LogP contribution in [0.3, 0.4) is 0 Å². The van der Waals surface area contributed by atoms with E-state index in [1.165, 1.54) is 25.7 Å². The van der Waals surface area contributed by atoms with Crippen molar-refractivity contribution in [1.29, 1.82) is 0 Å². The molecule has 0 atom stereocenters. The first kappa shape index (κ1) is 5.69. The van der Waals surface area contributed by atoms with Crippen LogP contribution in [0.25, 0.3) is 0 Å². The maximum absolute atomic E-state index is 5.58. The van der Waals surface area contributed by atoms with Gasteiger partial charge in [0.05, 0.1) is 0 Å². The highest BCUT2D eigenvalue weighted by atomic mass is 15.3. The molecular weight excluding hydrogens is 112 g/mol. The van der Waals surface area contributed by atoms with Crippen LogP contribution in [-0.4, -0.2) is 23.7 Å². The molecule has 2 fully saturated rings. The summed E-state index contributed by atoms with van der Waals surface area (Å²) >= 11 is 0. The van der Waals surface area contributed by atoms with Gasteiger partial charge < -0.3 is 5.73 Å². The zero-order chi connectivity index (χ0) is 6.27. The summed E-state index contributed by atoms with van der Waals surface area (Å²) in [6.45, 7) is 0.787. The minimum absolute atomic E-state index is 0.787. The van der Waals surface area contributed by atoms with E-state index >= 15 is 0 Å². The second-order valence-electron chi connectivity index (χ2n) is 3.16. The molecule has 0 aliphatic heterocycles. The third-order valence-corrected chi connectivity index (χ3v) is 2.24. The van der Waals surface area contributed by atoms with Gasteiger partial charge >= 0.3 is 0 Å². The molecule has 0 aromatic carbocycles. The second kappa shape index (κ2) is 1.96. The largest absolute Gasteiger partial charge is 0.318 e. The lowest BCUT2D eigenvalue weighted by Gasteiger charge is -2.17. The molecule has 9 heavy (non-hydrogen) atoms. The summed E-state index contributed by atoms with van der Waals surface area (Å²) < 4.78 is 0. The van der Waals surface area contributed by atoms with Crippen molar-refractivity contribution in [3.05, 3.63) is 0 Å². The molecular formula is C7H14N2. The molecule has 2 saturated carbocycles. The van der Waals surface area contributed by atoms with Crippen LogP contribution in [0.4, 0.5) is 0 Å². The van der Waals surface area contributed by atoms with E-state index in [9.17, 15) is 0 Å². The van der Waals surface area contributed by atoms with E-state index < -0.39 is 0 Å². The van der Waals surface area contributed by atoms with Crippen molar-refractivity contribution >= 4 is 0 Å². The Morgan fingerprint density at radius 2 is 1.56 bits per heavy atom. The van der Waals surface area contributed by atoms with Crippen LogP contribution in [0.1, 0.15) is 25.7 Å². The van der Waals surface area contributed by atoms with Gasteiger partial charge in [-0.3, -0.25) is 4.90 Å². The molecule has 52 valence electrons. The van der Waals surface area contributed by atoms with Gasteiger partial charge in [-0.2, -0.15) is 0 Å². The highest BCUT2D eigenvalue weighted by Gasteiger charge is 2.37. The molecule has 0 spiro atoms. The molecule has 2 N–H and O–H groups in total. The topological polar surface area (TPSA) is 29.3 Å². The quantitative estimate of drug-likeness (QED) is 0.559. The van der Waals surface area contributed by atoms with Gasteiger partial charge in [0.15, 0.2) is 0 Å². The van der Waals surface area contributed by atoms with E-state index in [-0.39, 0.29) is 0 Å². The van der Waals surface area contributed by atoms with Crippen LogP contribution < -0.4 is 5.73 Å². The summed E-state index contributed by atoms with van der Waals surface area (Å²) in [5.41, 5.74) is 5.58. The first-order chi connectivity index (χ1) is 4.42. The van der Waals surface area contributed by atoms with Crippen LogP contribution >= 0.6 is 0 Å². The van der Waals surface area contributed by atoms with E-state index in [0.29, 0.717) is 0 Å². The second-order valence-corrected chi connectivity index (χ2v) is 3.16. The summed E-state index contributed by atoms with van der Waals surface area (Å²) in [5.74, 6) is 0. The number of nitrogens with zero attached hydrogens (tertiary/aromatic N) is 1. The first-order valence-corrected chi connectivity index (χ1v) is 3.87. The number of rotatable bonds is 3. The molecule has 2 aliphatic carbocycles. The molecule has 0 radical (unpaired) electrons. The summed E-state index contributed by atoms with van der Waals surface area (Å²) in [4.78, 5) is 2.46. The highest BCUT2D eigenvalue weighted by Crippen LogP contribution is 2.36. The zero-order valence-electron chi connectivity index (χ0n) is 5.71. The van der Waals surface area contributed by atoms with E-state index in [1.54, 1.807) is 0 Å². The van der Waals surface area contributed by atoms with Crippen LogP contribution in [0, 0.1) is 0 Å². The Labute approximate surface area is 56.0 Å². The average Bonchev–Trinajstić information content (AvgIpc) is 2.61. The van der Waals surface area contributed by atoms with E-state index in [2.05, 4.69) is 4.90 Å². The molecule has 0 aromatic rings. The fourth-order valence-electron chi connectivity index (χ4n) is 1.41. The molecule has 0 amide bonds. The van der Waals surface area contributed by atoms with E-state index in [1.807, 2.05) is 0 Å². The van der Waals surface area contributed by atoms with Gasteiger partial charge in [-0.1, -0.05) is 0 Å². The van der Waals surface area contributed by atoms with Crippen molar-refractivity contribution in [2.24, 2.45) is 5.73 Å². The van der Waals surface area contributed by atoms with Crippen LogP contribution in [-0.2, 0) is 0 Å². The lowest BCUT2D eigenvalue weighted by molar-refractivity contribution is 0.260. The predicted molar refractivity (Wildman–Crippen MR) is 36.9 cm³/mol. The molecule has 2 aliphatic rings. The van der Waals surface area contributed by atoms with Gasteiger partial charge in [-0.25, -0.2) is 0 Å². The summed E-state index contributed by atoms with van der Waals surface area (Å²) in [6.07, 6.45) is 5.59. The van der Waals surface area contributed by atoms with E-state index in [4.69, 9.17) is 5.73 Å². The Hall–Kier alpha value is -0.0800. The fourth-order valence-corrected chi connectivity index (χ4v) is 1.41. The zero-order valence-corrected chi connectivity index (χ0v) is 5.71. The maximum atomic E-state index is 5.58. The van der Waals surface area contributed by atoms with Crippen molar-refractivity contribution < 1.29 is 0 Å². The van der Waals surface area contributed by atoms with Crippen molar-refractivity contribution in [2.45, 2.75) is 37.8 Å². The van der Waals surface area contributed by atoms with Crippen LogP contribution in [0.2, 0.25) is 0 Å². The molecule has 2 heteroatoms. The minimum Gasteiger partial charge on any atom is -0.318 e. The monoisotopic (exact) mass is 126 g/mol.